The van der Waals surface area contributed by atoms with Crippen LogP contribution in [0.5, 0.6) is 0 Å². The summed E-state index contributed by atoms with van der Waals surface area (Å²) in [6, 6.07) is 0. The van der Waals surface area contributed by atoms with Crippen LogP contribution in [0.2, 0.25) is 0 Å². The molecule has 0 bridgehead atoms. The minimum Gasteiger partial charge on any atom is -0.383 e. The number of carbonyl (C=O) groups is 1. The zero-order valence-electron chi connectivity index (χ0n) is 9.06. The Morgan fingerprint density at radius 3 is 2.71 bits per heavy atom. The smallest absolute Gasteiger partial charge is 0.329 e. The lowest BCUT2D eigenvalue weighted by Crippen LogP contribution is -2.37. The van der Waals surface area contributed by atoms with E-state index < -0.39 is 23.3 Å². The zero-order valence-corrected chi connectivity index (χ0v) is 9.06. The van der Waals surface area contributed by atoms with E-state index in [9.17, 15) is 14.4 Å². The predicted octanol–water partition coefficient (Wildman–Crippen LogP) is -3.09. The van der Waals surface area contributed by atoms with Crippen LogP contribution in [0.4, 0.5) is 11.5 Å². The van der Waals surface area contributed by atoms with Gasteiger partial charge in [-0.1, -0.05) is 0 Å². The normalized spacial score (nSPS) is 12.1. The van der Waals surface area contributed by atoms with E-state index in [1.807, 2.05) is 4.98 Å². The van der Waals surface area contributed by atoms with Gasteiger partial charge in [-0.05, 0) is 0 Å². The number of aliphatic hydroxyl groups excluding tert-OH is 1. The summed E-state index contributed by atoms with van der Waals surface area (Å²) in [6.45, 7) is -0.277. The number of rotatable bonds is 4. The van der Waals surface area contributed by atoms with Crippen molar-refractivity contribution in [2.75, 3.05) is 17.6 Å². The van der Waals surface area contributed by atoms with E-state index in [1.54, 1.807) is 0 Å². The minimum atomic E-state index is -1.45. The third-order valence-corrected chi connectivity index (χ3v) is 2.17. The first kappa shape index (κ1) is 12.8. The molecular formula is C8H13N5O4. The molecule has 7 N–H and O–H groups in total. The number of aromatic nitrogens is 2. The van der Waals surface area contributed by atoms with E-state index in [4.69, 9.17) is 16.6 Å². The summed E-state index contributed by atoms with van der Waals surface area (Å²) < 4.78 is 1.01. The van der Waals surface area contributed by atoms with E-state index in [0.29, 0.717) is 0 Å². The molecule has 17 heavy (non-hydrogen) atoms. The monoisotopic (exact) mass is 243 g/mol. The van der Waals surface area contributed by atoms with Crippen molar-refractivity contribution in [1.29, 1.82) is 0 Å². The van der Waals surface area contributed by atoms with Gasteiger partial charge >= 0.3 is 5.69 Å². The maximum atomic E-state index is 11.4. The number of carbonyl (C=O) groups excluding carboxylic acids is 1. The first-order valence-electron chi connectivity index (χ1n) is 4.64. The number of amides is 1. The summed E-state index contributed by atoms with van der Waals surface area (Å²) in [5.74, 6) is -1.03. The van der Waals surface area contributed by atoms with Crippen molar-refractivity contribution in [2.45, 2.75) is 6.10 Å². The average Bonchev–Trinajstić information content (AvgIpc) is 2.25. The van der Waals surface area contributed by atoms with Crippen LogP contribution in [-0.4, -0.2) is 33.2 Å². The molecule has 0 saturated carbocycles. The molecule has 0 aromatic carbocycles. The Balaban J connectivity index is 3.00. The van der Waals surface area contributed by atoms with Crippen LogP contribution < -0.4 is 28.0 Å². The van der Waals surface area contributed by atoms with Gasteiger partial charge in [-0.2, -0.15) is 0 Å². The number of nitrogens with zero attached hydrogens (tertiary/aromatic N) is 1. The van der Waals surface area contributed by atoms with E-state index >= 15 is 0 Å². The highest BCUT2D eigenvalue weighted by atomic mass is 16.3. The van der Waals surface area contributed by atoms with Gasteiger partial charge in [0.05, 0.1) is 6.54 Å². The van der Waals surface area contributed by atoms with E-state index in [1.165, 1.54) is 7.05 Å². The summed E-state index contributed by atoms with van der Waals surface area (Å²) >= 11 is 0. The minimum absolute atomic E-state index is 0.101. The second-order valence-electron chi connectivity index (χ2n) is 3.38. The lowest BCUT2D eigenvalue weighted by atomic mass is 10.3. The lowest BCUT2D eigenvalue weighted by molar-refractivity contribution is -0.125. The number of nitrogens with two attached hydrogens (primary N) is 2. The molecule has 0 aliphatic heterocycles. The molecule has 94 valence electrons. The van der Waals surface area contributed by atoms with Crippen molar-refractivity contribution in [2.24, 2.45) is 12.8 Å². The fraction of sp³-hybridized carbons (Fsp3) is 0.375. The first-order valence-corrected chi connectivity index (χ1v) is 4.64. The van der Waals surface area contributed by atoms with Gasteiger partial charge in [-0.25, -0.2) is 4.79 Å². The highest BCUT2D eigenvalue weighted by molar-refractivity contribution is 5.79. The summed E-state index contributed by atoms with van der Waals surface area (Å²) in [5, 5.41) is 11.6. The molecule has 1 amide bonds. The van der Waals surface area contributed by atoms with Crippen molar-refractivity contribution < 1.29 is 9.90 Å². The Morgan fingerprint density at radius 2 is 2.18 bits per heavy atom. The Labute approximate surface area is 95.0 Å². The van der Waals surface area contributed by atoms with Gasteiger partial charge in [0, 0.05) is 7.05 Å². The number of primary amides is 1. The van der Waals surface area contributed by atoms with E-state index in [0.717, 1.165) is 4.57 Å². The maximum Gasteiger partial charge on any atom is 0.329 e. The van der Waals surface area contributed by atoms with Gasteiger partial charge in [-0.3, -0.25) is 19.1 Å². The molecule has 0 aliphatic carbocycles. The SMILES string of the molecule is Cn1c(N)c(NCC(O)C(N)=O)c(=O)[nH]c1=O. The van der Waals surface area contributed by atoms with E-state index in [2.05, 4.69) is 5.32 Å². The Kier molecular flexibility index (Phi) is 3.53. The summed E-state index contributed by atoms with van der Waals surface area (Å²) in [6.07, 6.45) is -1.45. The second kappa shape index (κ2) is 4.70. The lowest BCUT2D eigenvalue weighted by Gasteiger charge is -2.12. The van der Waals surface area contributed by atoms with Gasteiger partial charge in [0.1, 0.15) is 17.6 Å². The molecule has 0 spiro atoms. The van der Waals surface area contributed by atoms with Crippen LogP contribution in [0.1, 0.15) is 0 Å². The zero-order chi connectivity index (χ0) is 13.2. The fourth-order valence-electron chi connectivity index (χ4n) is 1.11. The summed E-state index contributed by atoms with van der Waals surface area (Å²) in [4.78, 5) is 35.1. The van der Waals surface area contributed by atoms with Gasteiger partial charge < -0.3 is 21.9 Å². The molecule has 9 heteroatoms. The topological polar surface area (TPSA) is 156 Å². The predicted molar refractivity (Wildman–Crippen MR) is 60.4 cm³/mol. The standard InChI is InChI=1S/C8H13N5O4/c1-13-5(9)4(7(16)12-8(13)17)11-2-3(14)6(10)15/h3,11,14H,2,9H2,1H3,(H2,10,15)(H,12,16,17). The maximum absolute atomic E-state index is 11.4. The van der Waals surface area contributed by atoms with Crippen molar-refractivity contribution >= 4 is 17.4 Å². The van der Waals surface area contributed by atoms with Crippen LogP contribution in [-0.2, 0) is 11.8 Å². The molecule has 1 atom stereocenters. The van der Waals surface area contributed by atoms with Crippen LogP contribution in [0.15, 0.2) is 9.59 Å². The fourth-order valence-corrected chi connectivity index (χ4v) is 1.11. The largest absolute Gasteiger partial charge is 0.383 e. The molecule has 1 unspecified atom stereocenters. The van der Waals surface area contributed by atoms with Crippen LogP contribution >= 0.6 is 0 Å². The number of nitrogen functional groups attached to an aromatic ring is 1. The number of aromatic amines is 1. The Hall–Kier alpha value is -2.29. The quantitative estimate of drug-likeness (QED) is 0.377. The molecule has 1 aromatic heterocycles. The van der Waals surface area contributed by atoms with Crippen molar-refractivity contribution in [1.82, 2.24) is 9.55 Å². The third-order valence-electron chi connectivity index (χ3n) is 2.17. The van der Waals surface area contributed by atoms with Gasteiger partial charge in [0.25, 0.3) is 5.56 Å². The Morgan fingerprint density at radius 1 is 1.59 bits per heavy atom. The Bertz CT molecular complexity index is 546. The van der Waals surface area contributed by atoms with Crippen molar-refractivity contribution in [3.63, 3.8) is 0 Å². The molecule has 9 nitrogen and oxygen atoms in total. The third kappa shape index (κ3) is 2.64. The molecule has 1 aromatic rings. The summed E-state index contributed by atoms with van der Waals surface area (Å²) in [5.41, 5.74) is 8.86. The number of H-pyrrole nitrogens is 1. The van der Waals surface area contributed by atoms with Gasteiger partial charge in [0.15, 0.2) is 0 Å². The summed E-state index contributed by atoms with van der Waals surface area (Å²) in [7, 11) is 1.36. The number of aliphatic hydroxyl groups is 1. The number of hydrogen-bond acceptors (Lipinski definition) is 6. The molecular weight excluding hydrogens is 230 g/mol. The van der Waals surface area contributed by atoms with Gasteiger partial charge in [-0.15, -0.1) is 0 Å². The number of anilines is 2. The first-order chi connectivity index (χ1) is 7.84. The second-order valence-corrected chi connectivity index (χ2v) is 3.38. The van der Waals surface area contributed by atoms with Crippen LogP contribution in [0.3, 0.4) is 0 Å². The number of nitrogens with one attached hydrogen (secondary N) is 2. The van der Waals surface area contributed by atoms with Crippen LogP contribution in [0, 0.1) is 0 Å². The molecule has 1 heterocycles. The highest BCUT2D eigenvalue weighted by Crippen LogP contribution is 2.07. The van der Waals surface area contributed by atoms with Crippen molar-refractivity contribution in [3.8, 4) is 0 Å². The molecule has 0 radical (unpaired) electrons. The van der Waals surface area contributed by atoms with Gasteiger partial charge in [0.2, 0.25) is 5.91 Å². The highest BCUT2D eigenvalue weighted by Gasteiger charge is 2.14. The molecule has 0 fully saturated rings. The molecule has 1 rings (SSSR count). The van der Waals surface area contributed by atoms with Crippen LogP contribution in [0.25, 0.3) is 0 Å². The average molecular weight is 243 g/mol. The van der Waals surface area contributed by atoms with Crippen molar-refractivity contribution in [3.05, 3.63) is 20.8 Å². The molecule has 0 saturated heterocycles. The molecule has 0 aliphatic rings. The van der Waals surface area contributed by atoms with E-state index in [-0.39, 0.29) is 18.1 Å². The number of hydrogen-bond donors (Lipinski definition) is 5.